The number of nitrogens with one attached hydrogen (secondary N) is 2. The minimum absolute atomic E-state index is 0.00577. The molecule has 2 aromatic rings. The number of benzene rings is 2. The fourth-order valence-electron chi connectivity index (χ4n) is 3.15. The van der Waals surface area contributed by atoms with E-state index in [4.69, 9.17) is 4.74 Å². The number of thiol groups is 1. The Bertz CT molecular complexity index is 1150. The van der Waals surface area contributed by atoms with E-state index >= 15 is 0 Å². The molecule has 1 aliphatic rings. The second-order valence-corrected chi connectivity index (χ2v) is 11.4. The maximum absolute atomic E-state index is 13.1. The summed E-state index contributed by atoms with van der Waals surface area (Å²) < 4.78 is 57.0. The van der Waals surface area contributed by atoms with Crippen molar-refractivity contribution in [3.05, 3.63) is 54.1 Å². The standard InChI is InChI=1S/C19H23N3O6S3/c1-13-3-7-16(8-4-13)30(24,25)21-20-19(23)18-11-15(29)12-22(18)31(26,27)17-9-5-14(28-2)6-10-17/h3-10,15,18,21,29H,11-12H2,1-2H3,(H,20,23)/t15-,18+/m1/s1. The molecule has 1 aliphatic heterocycles. The van der Waals surface area contributed by atoms with E-state index < -0.39 is 32.0 Å². The molecule has 2 aromatic carbocycles. The van der Waals surface area contributed by atoms with Gasteiger partial charge in [0.15, 0.2) is 0 Å². The minimum atomic E-state index is -4.01. The number of hydrogen-bond acceptors (Lipinski definition) is 7. The van der Waals surface area contributed by atoms with Crippen molar-refractivity contribution in [2.75, 3.05) is 13.7 Å². The smallest absolute Gasteiger partial charge is 0.257 e. The van der Waals surface area contributed by atoms with Crippen LogP contribution in [0.4, 0.5) is 0 Å². The van der Waals surface area contributed by atoms with Crippen molar-refractivity contribution < 1.29 is 26.4 Å². The number of carbonyl (C=O) groups excluding carboxylic acids is 1. The van der Waals surface area contributed by atoms with Crippen LogP contribution in [0.1, 0.15) is 12.0 Å². The number of hydrogen-bond donors (Lipinski definition) is 3. The van der Waals surface area contributed by atoms with E-state index in [9.17, 15) is 21.6 Å². The average molecular weight is 486 g/mol. The minimum Gasteiger partial charge on any atom is -0.497 e. The number of carbonyl (C=O) groups is 1. The maximum atomic E-state index is 13.1. The monoisotopic (exact) mass is 485 g/mol. The summed E-state index contributed by atoms with van der Waals surface area (Å²) in [4.78, 5) is 14.7. The van der Waals surface area contributed by atoms with Gasteiger partial charge in [0, 0.05) is 11.8 Å². The summed E-state index contributed by atoms with van der Waals surface area (Å²) in [5.74, 6) is -0.295. The molecular weight excluding hydrogens is 462 g/mol. The van der Waals surface area contributed by atoms with Crippen LogP contribution in [0.25, 0.3) is 0 Å². The fraction of sp³-hybridized carbons (Fsp3) is 0.316. The molecule has 1 amide bonds. The summed E-state index contributed by atoms with van der Waals surface area (Å²) in [5.41, 5.74) is 3.02. The zero-order valence-corrected chi connectivity index (χ0v) is 19.4. The van der Waals surface area contributed by atoms with Crippen molar-refractivity contribution in [2.45, 2.75) is 34.4 Å². The zero-order valence-electron chi connectivity index (χ0n) is 16.8. The quantitative estimate of drug-likeness (QED) is 0.399. The van der Waals surface area contributed by atoms with Crippen molar-refractivity contribution in [1.82, 2.24) is 14.6 Å². The normalized spacial score (nSPS) is 19.8. The summed E-state index contributed by atoms with van der Waals surface area (Å²) in [5, 5.41) is -0.377. The lowest BCUT2D eigenvalue weighted by molar-refractivity contribution is -0.124. The van der Waals surface area contributed by atoms with Crippen molar-refractivity contribution in [1.29, 1.82) is 0 Å². The molecule has 0 spiro atoms. The Hall–Kier alpha value is -2.12. The van der Waals surface area contributed by atoms with Gasteiger partial charge in [-0.2, -0.15) is 16.9 Å². The predicted molar refractivity (Wildman–Crippen MR) is 118 cm³/mol. The molecule has 1 heterocycles. The van der Waals surface area contributed by atoms with Gasteiger partial charge < -0.3 is 4.74 Å². The largest absolute Gasteiger partial charge is 0.497 e. The molecule has 31 heavy (non-hydrogen) atoms. The van der Waals surface area contributed by atoms with Gasteiger partial charge in [-0.3, -0.25) is 10.2 Å². The lowest BCUT2D eigenvalue weighted by Gasteiger charge is -2.23. The molecular formula is C19H23N3O6S3. The van der Waals surface area contributed by atoms with Gasteiger partial charge in [-0.1, -0.05) is 17.7 Å². The molecule has 0 aliphatic carbocycles. The molecule has 0 bridgehead atoms. The number of rotatable bonds is 7. The van der Waals surface area contributed by atoms with Gasteiger partial charge in [-0.05, 0) is 49.7 Å². The Kier molecular flexibility index (Phi) is 6.96. The molecule has 168 valence electrons. The van der Waals surface area contributed by atoms with Gasteiger partial charge in [0.25, 0.3) is 15.9 Å². The Balaban J connectivity index is 1.76. The van der Waals surface area contributed by atoms with Crippen molar-refractivity contribution in [2.24, 2.45) is 0 Å². The van der Waals surface area contributed by atoms with E-state index in [1.165, 1.54) is 43.5 Å². The van der Waals surface area contributed by atoms with Crippen LogP contribution in [-0.2, 0) is 24.8 Å². The maximum Gasteiger partial charge on any atom is 0.257 e. The molecule has 3 rings (SSSR count). The third kappa shape index (κ3) is 5.21. The molecule has 0 aromatic heterocycles. The van der Waals surface area contributed by atoms with E-state index in [0.29, 0.717) is 5.75 Å². The molecule has 1 fully saturated rings. The Morgan fingerprint density at radius 1 is 1.03 bits per heavy atom. The summed E-state index contributed by atoms with van der Waals surface area (Å²) in [6.07, 6.45) is 0.136. The number of amides is 1. The van der Waals surface area contributed by atoms with Gasteiger partial charge in [-0.15, -0.1) is 4.83 Å². The first-order chi connectivity index (χ1) is 14.5. The highest BCUT2D eigenvalue weighted by Gasteiger charge is 2.43. The topological polar surface area (TPSA) is 122 Å². The fourth-order valence-corrected chi connectivity index (χ4v) is 6.13. The Morgan fingerprint density at radius 3 is 2.19 bits per heavy atom. The van der Waals surface area contributed by atoms with Gasteiger partial charge in [0.1, 0.15) is 11.8 Å². The zero-order chi connectivity index (χ0) is 22.8. The number of sulfonamides is 2. The van der Waals surface area contributed by atoms with Crippen molar-refractivity contribution >= 4 is 38.6 Å². The molecule has 12 heteroatoms. The summed E-state index contributed by atoms with van der Waals surface area (Å²) >= 11 is 4.33. The van der Waals surface area contributed by atoms with Crippen molar-refractivity contribution in [3.8, 4) is 5.75 Å². The molecule has 2 N–H and O–H groups in total. The SMILES string of the molecule is COc1ccc(S(=O)(=O)N2C[C@H](S)C[C@H]2C(=O)NNS(=O)(=O)c2ccc(C)cc2)cc1. The van der Waals surface area contributed by atoms with Crippen LogP contribution < -0.4 is 15.0 Å². The van der Waals surface area contributed by atoms with Crippen LogP contribution in [0.3, 0.4) is 0 Å². The lowest BCUT2D eigenvalue weighted by atomic mass is 10.2. The first-order valence-electron chi connectivity index (χ1n) is 9.27. The number of hydrazine groups is 1. The third-order valence-electron chi connectivity index (χ3n) is 4.84. The van der Waals surface area contributed by atoms with Crippen LogP contribution in [0.2, 0.25) is 0 Å². The van der Waals surface area contributed by atoms with Crippen LogP contribution in [-0.4, -0.2) is 52.0 Å². The first kappa shape index (κ1) is 23.5. The predicted octanol–water partition coefficient (Wildman–Crippen LogP) is 1.07. The van der Waals surface area contributed by atoms with Crippen LogP contribution in [0, 0.1) is 6.92 Å². The van der Waals surface area contributed by atoms with Gasteiger partial charge in [-0.25, -0.2) is 16.8 Å². The second kappa shape index (κ2) is 9.17. The molecule has 0 saturated carbocycles. The highest BCUT2D eigenvalue weighted by molar-refractivity contribution is 7.89. The van der Waals surface area contributed by atoms with Gasteiger partial charge in [0.2, 0.25) is 10.0 Å². The van der Waals surface area contributed by atoms with E-state index in [2.05, 4.69) is 18.1 Å². The van der Waals surface area contributed by atoms with Crippen LogP contribution in [0.5, 0.6) is 5.75 Å². The van der Waals surface area contributed by atoms with Gasteiger partial charge in [0.05, 0.1) is 16.9 Å². The lowest BCUT2D eigenvalue weighted by Crippen LogP contribution is -2.51. The average Bonchev–Trinajstić information content (AvgIpc) is 3.15. The molecule has 0 radical (unpaired) electrons. The number of methoxy groups -OCH3 is 1. The summed E-state index contributed by atoms with van der Waals surface area (Å²) in [7, 11) is -6.56. The van der Waals surface area contributed by atoms with Crippen LogP contribution in [0.15, 0.2) is 58.3 Å². The van der Waals surface area contributed by atoms with Crippen LogP contribution >= 0.6 is 12.6 Å². The van der Waals surface area contributed by atoms with E-state index in [-0.39, 0.29) is 28.0 Å². The summed E-state index contributed by atoms with van der Waals surface area (Å²) in [6.45, 7) is 1.83. The highest BCUT2D eigenvalue weighted by atomic mass is 32.2. The van der Waals surface area contributed by atoms with E-state index in [1.54, 1.807) is 12.1 Å². The summed E-state index contributed by atoms with van der Waals surface area (Å²) in [6, 6.07) is 10.7. The number of nitrogens with zero attached hydrogens (tertiary/aromatic N) is 1. The molecule has 1 saturated heterocycles. The number of ether oxygens (including phenoxy) is 1. The van der Waals surface area contributed by atoms with E-state index in [0.717, 1.165) is 9.87 Å². The number of aryl methyl sites for hydroxylation is 1. The molecule has 0 unspecified atom stereocenters. The van der Waals surface area contributed by atoms with Gasteiger partial charge >= 0.3 is 0 Å². The van der Waals surface area contributed by atoms with E-state index in [1.807, 2.05) is 11.8 Å². The Labute approximate surface area is 187 Å². The second-order valence-electron chi connectivity index (χ2n) is 7.06. The Morgan fingerprint density at radius 2 is 1.61 bits per heavy atom. The third-order valence-corrected chi connectivity index (χ3v) is 8.37. The molecule has 2 atom stereocenters. The molecule has 9 nitrogen and oxygen atoms in total. The highest BCUT2D eigenvalue weighted by Crippen LogP contribution is 2.29. The first-order valence-corrected chi connectivity index (χ1v) is 12.7. The van der Waals surface area contributed by atoms with Crippen molar-refractivity contribution in [3.63, 3.8) is 0 Å².